The summed E-state index contributed by atoms with van der Waals surface area (Å²) >= 11 is 7.15. The number of carbonyl (C=O) groups is 2. The van der Waals surface area contributed by atoms with Gasteiger partial charge in [0.15, 0.2) is 22.5 Å². The van der Waals surface area contributed by atoms with Crippen molar-refractivity contribution in [2.45, 2.75) is 38.3 Å². The largest absolute Gasteiger partial charge is 0.493 e. The van der Waals surface area contributed by atoms with Gasteiger partial charge in [0, 0.05) is 63.1 Å². The standard InChI is InChI=1S/C38H45ClFN9O4S/c1-24-23-48(18-19-49(24)32(50)10-7-15-46(3)4)35-29(47-16-13-38(2,52)14-17-47)20-25(21-41-35)28-11-12-30(53-5)34(43-28)45-37-42-22-31(54-37)36(51)44-33-26(39)8-6-9-27(33)40/h6-12,20-22,24,52H,13-19,23H2,1-5H3,(H,44,51)(H,42,43,45)/b10-7+. The molecule has 54 heavy (non-hydrogen) atoms. The molecule has 4 aromatic rings. The molecule has 2 aliphatic rings. The van der Waals surface area contributed by atoms with Crippen molar-refractivity contribution >= 4 is 62.9 Å². The van der Waals surface area contributed by atoms with E-state index >= 15 is 0 Å². The molecule has 2 amide bonds. The second-order valence-electron chi connectivity index (χ2n) is 14.0. The number of nitrogens with one attached hydrogen (secondary N) is 2. The Morgan fingerprint density at radius 2 is 1.91 bits per heavy atom. The van der Waals surface area contributed by atoms with Crippen LogP contribution in [0.4, 0.5) is 32.5 Å². The van der Waals surface area contributed by atoms with Crippen LogP contribution in [-0.4, -0.2) is 114 Å². The average Bonchev–Trinajstić information content (AvgIpc) is 3.61. The number of hydrogen-bond donors (Lipinski definition) is 3. The van der Waals surface area contributed by atoms with Crippen molar-refractivity contribution in [1.29, 1.82) is 0 Å². The van der Waals surface area contributed by atoms with Gasteiger partial charge in [-0.3, -0.25) is 9.59 Å². The number of benzene rings is 1. The molecule has 2 aliphatic heterocycles. The number of aromatic nitrogens is 3. The Bertz CT molecular complexity index is 2000. The Hall–Kier alpha value is -4.83. The van der Waals surface area contributed by atoms with E-state index in [-0.39, 0.29) is 27.5 Å². The minimum absolute atomic E-state index is 0.00510. The molecular formula is C38H45ClFN9O4S. The Labute approximate surface area is 323 Å². The fourth-order valence-electron chi connectivity index (χ4n) is 6.42. The highest BCUT2D eigenvalue weighted by molar-refractivity contribution is 7.17. The first-order valence-corrected chi connectivity index (χ1v) is 18.9. The zero-order chi connectivity index (χ0) is 38.6. The molecular weight excluding hydrogens is 733 g/mol. The first-order valence-electron chi connectivity index (χ1n) is 17.7. The van der Waals surface area contributed by atoms with E-state index in [1.807, 2.05) is 43.0 Å². The second-order valence-corrected chi connectivity index (χ2v) is 15.4. The molecule has 2 fully saturated rings. The molecule has 13 nitrogen and oxygen atoms in total. The third-order valence-corrected chi connectivity index (χ3v) is 10.7. The summed E-state index contributed by atoms with van der Waals surface area (Å²) in [7, 11) is 5.47. The van der Waals surface area contributed by atoms with Gasteiger partial charge in [0.2, 0.25) is 5.91 Å². The third-order valence-electron chi connectivity index (χ3n) is 9.50. The number of nitrogens with zero attached hydrogens (tertiary/aromatic N) is 7. The lowest BCUT2D eigenvalue weighted by atomic mass is 9.93. The van der Waals surface area contributed by atoms with E-state index in [1.165, 1.54) is 31.5 Å². The summed E-state index contributed by atoms with van der Waals surface area (Å²) in [5.41, 5.74) is 1.48. The Kier molecular flexibility index (Phi) is 12.0. The summed E-state index contributed by atoms with van der Waals surface area (Å²) in [4.78, 5) is 48.8. The summed E-state index contributed by atoms with van der Waals surface area (Å²) in [6.07, 6.45) is 7.96. The highest BCUT2D eigenvalue weighted by Crippen LogP contribution is 2.38. The molecule has 3 aromatic heterocycles. The molecule has 0 radical (unpaired) electrons. The van der Waals surface area contributed by atoms with Crippen molar-refractivity contribution in [3.8, 4) is 17.0 Å². The predicted molar refractivity (Wildman–Crippen MR) is 212 cm³/mol. The van der Waals surface area contributed by atoms with E-state index in [2.05, 4.69) is 38.4 Å². The number of pyridine rings is 2. The van der Waals surface area contributed by atoms with Crippen molar-refractivity contribution < 1.29 is 23.8 Å². The maximum atomic E-state index is 14.3. The predicted octanol–water partition coefficient (Wildman–Crippen LogP) is 5.90. The zero-order valence-corrected chi connectivity index (χ0v) is 32.5. The topological polar surface area (TPSA) is 139 Å². The average molecular weight is 778 g/mol. The Balaban J connectivity index is 1.24. The molecule has 5 heterocycles. The number of likely N-dealkylation sites (N-methyl/N-ethyl adjacent to an activating group) is 1. The third kappa shape index (κ3) is 9.09. The highest BCUT2D eigenvalue weighted by Gasteiger charge is 2.32. The summed E-state index contributed by atoms with van der Waals surface area (Å²) in [5.74, 6) is 0.458. The number of amides is 2. The summed E-state index contributed by atoms with van der Waals surface area (Å²) in [5, 5.41) is 16.9. The van der Waals surface area contributed by atoms with Crippen LogP contribution < -0.4 is 25.2 Å². The molecule has 1 unspecified atom stereocenters. The van der Waals surface area contributed by atoms with Crippen LogP contribution >= 0.6 is 22.9 Å². The number of methoxy groups -OCH3 is 1. The van der Waals surface area contributed by atoms with Gasteiger partial charge in [0.05, 0.1) is 41.0 Å². The summed E-state index contributed by atoms with van der Waals surface area (Å²) in [6, 6.07) is 9.86. The van der Waals surface area contributed by atoms with Gasteiger partial charge in [-0.05, 0) is 71.1 Å². The van der Waals surface area contributed by atoms with Crippen LogP contribution in [0.15, 0.2) is 60.9 Å². The van der Waals surface area contributed by atoms with Gasteiger partial charge in [-0.25, -0.2) is 19.3 Å². The monoisotopic (exact) mass is 777 g/mol. The lowest BCUT2D eigenvalue weighted by Gasteiger charge is -2.43. The van der Waals surface area contributed by atoms with Crippen LogP contribution in [0.25, 0.3) is 11.3 Å². The van der Waals surface area contributed by atoms with Gasteiger partial charge >= 0.3 is 0 Å². The van der Waals surface area contributed by atoms with Crippen LogP contribution in [0.5, 0.6) is 5.75 Å². The molecule has 0 saturated carbocycles. The number of anilines is 5. The van der Waals surface area contributed by atoms with Gasteiger partial charge in [0.25, 0.3) is 5.91 Å². The van der Waals surface area contributed by atoms with Crippen LogP contribution in [0.1, 0.15) is 36.4 Å². The smallest absolute Gasteiger partial charge is 0.267 e. The number of piperazine rings is 1. The lowest BCUT2D eigenvalue weighted by molar-refractivity contribution is -0.128. The van der Waals surface area contributed by atoms with Crippen LogP contribution in [-0.2, 0) is 4.79 Å². The first-order chi connectivity index (χ1) is 25.8. The van der Waals surface area contributed by atoms with Crippen molar-refractivity contribution in [2.24, 2.45) is 0 Å². The fraction of sp³-hybridized carbons (Fsp3) is 0.395. The number of halogens is 2. The molecule has 0 aliphatic carbocycles. The molecule has 16 heteroatoms. The van der Waals surface area contributed by atoms with Gasteiger partial charge < -0.3 is 40.1 Å². The summed E-state index contributed by atoms with van der Waals surface area (Å²) in [6.45, 7) is 7.74. The van der Waals surface area contributed by atoms with Crippen LogP contribution in [0.2, 0.25) is 5.02 Å². The van der Waals surface area contributed by atoms with Crippen molar-refractivity contribution in [2.75, 3.05) is 80.9 Å². The number of piperidine rings is 1. The van der Waals surface area contributed by atoms with E-state index in [0.717, 1.165) is 28.4 Å². The molecule has 3 N–H and O–H groups in total. The fourth-order valence-corrected chi connectivity index (χ4v) is 7.34. The normalized spacial score (nSPS) is 17.3. The highest BCUT2D eigenvalue weighted by atomic mass is 35.5. The number of hydrogen-bond acceptors (Lipinski definition) is 12. The number of aliphatic hydroxyl groups is 1. The molecule has 286 valence electrons. The summed E-state index contributed by atoms with van der Waals surface area (Å²) < 4.78 is 19.9. The van der Waals surface area contributed by atoms with Gasteiger partial charge in [-0.2, -0.15) is 0 Å². The number of ether oxygens (including phenoxy) is 1. The van der Waals surface area contributed by atoms with Gasteiger partial charge in [-0.1, -0.05) is 35.1 Å². The van der Waals surface area contributed by atoms with E-state index in [9.17, 15) is 19.1 Å². The quantitative estimate of drug-likeness (QED) is 0.157. The number of carbonyl (C=O) groups excluding carboxylic acids is 2. The van der Waals surface area contributed by atoms with E-state index in [4.69, 9.17) is 26.3 Å². The SMILES string of the molecule is COc1ccc(-c2cnc(N3CCN(C(=O)/C=C/CN(C)C)C(C)C3)c(N3CCC(C)(O)CC3)c2)nc1Nc1ncc(C(=O)Nc2c(F)cccc2Cl)s1. The van der Waals surface area contributed by atoms with E-state index < -0.39 is 17.3 Å². The molecule has 2 saturated heterocycles. The van der Waals surface area contributed by atoms with Gasteiger partial charge in [0.1, 0.15) is 10.7 Å². The number of para-hydroxylation sites is 1. The van der Waals surface area contributed by atoms with E-state index in [1.54, 1.807) is 18.3 Å². The first kappa shape index (κ1) is 38.9. The molecule has 1 atom stereocenters. The maximum absolute atomic E-state index is 14.3. The minimum atomic E-state index is -0.735. The zero-order valence-electron chi connectivity index (χ0n) is 31.0. The number of thiazole rings is 1. The van der Waals surface area contributed by atoms with Crippen LogP contribution in [0.3, 0.4) is 0 Å². The lowest BCUT2D eigenvalue weighted by Crippen LogP contribution is -2.54. The Morgan fingerprint density at radius 1 is 1.13 bits per heavy atom. The number of rotatable bonds is 11. The molecule has 1 aromatic carbocycles. The van der Waals surface area contributed by atoms with Crippen molar-refractivity contribution in [3.63, 3.8) is 0 Å². The second kappa shape index (κ2) is 16.7. The van der Waals surface area contributed by atoms with Crippen LogP contribution in [0, 0.1) is 5.82 Å². The molecule has 6 rings (SSSR count). The molecule has 0 spiro atoms. The van der Waals surface area contributed by atoms with Crippen molar-refractivity contribution in [1.82, 2.24) is 24.8 Å². The van der Waals surface area contributed by atoms with E-state index in [0.29, 0.717) is 74.5 Å². The molecule has 0 bridgehead atoms. The minimum Gasteiger partial charge on any atom is -0.493 e. The Morgan fingerprint density at radius 3 is 2.61 bits per heavy atom. The van der Waals surface area contributed by atoms with Crippen molar-refractivity contribution in [3.05, 3.63) is 76.7 Å². The van der Waals surface area contributed by atoms with Gasteiger partial charge in [-0.15, -0.1) is 0 Å². The maximum Gasteiger partial charge on any atom is 0.267 e.